The third kappa shape index (κ3) is 4.71. The molecule has 7 heteroatoms. The number of halogens is 2. The van der Waals surface area contributed by atoms with E-state index >= 15 is 0 Å². The second kappa shape index (κ2) is 7.99. The van der Waals surface area contributed by atoms with Crippen molar-refractivity contribution in [3.05, 3.63) is 65.2 Å². The number of rotatable bonds is 3. The summed E-state index contributed by atoms with van der Waals surface area (Å²) >= 11 is 8.95. The molecular formula is C16H14BrClN2O3. The first-order valence-electron chi connectivity index (χ1n) is 6.76. The number of urea groups is 1. The average Bonchev–Trinajstić information content (AvgIpc) is 2.58. The van der Waals surface area contributed by atoms with Gasteiger partial charge in [0.15, 0.2) is 0 Å². The van der Waals surface area contributed by atoms with E-state index in [-0.39, 0.29) is 0 Å². The number of hydrogen-bond acceptors (Lipinski definition) is 3. The van der Waals surface area contributed by atoms with Gasteiger partial charge < -0.3 is 4.84 Å². The molecule has 0 heterocycles. The monoisotopic (exact) mass is 396 g/mol. The highest BCUT2D eigenvalue weighted by Gasteiger charge is 2.20. The highest BCUT2D eigenvalue weighted by atomic mass is 79.9. The molecule has 5 nitrogen and oxygen atoms in total. The first kappa shape index (κ1) is 17.3. The molecule has 2 aromatic rings. The fourth-order valence-electron chi connectivity index (χ4n) is 1.82. The van der Waals surface area contributed by atoms with Gasteiger partial charge in [-0.05, 0) is 30.7 Å². The summed E-state index contributed by atoms with van der Waals surface area (Å²) in [6, 6.07) is 15.1. The molecule has 1 N–H and O–H groups in total. The van der Waals surface area contributed by atoms with E-state index in [1.165, 1.54) is 0 Å². The summed E-state index contributed by atoms with van der Waals surface area (Å²) in [6.45, 7) is 1.70. The van der Waals surface area contributed by atoms with Gasteiger partial charge in [-0.25, -0.2) is 13.5 Å². The molecule has 0 saturated heterocycles. The van der Waals surface area contributed by atoms with Crippen LogP contribution in [0, 0.1) is 0 Å². The Morgan fingerprint density at radius 1 is 1.17 bits per heavy atom. The Kier molecular flexibility index (Phi) is 6.01. The van der Waals surface area contributed by atoms with Crippen LogP contribution in [0.5, 0.6) is 0 Å². The van der Waals surface area contributed by atoms with Gasteiger partial charge in [0.25, 0.3) is 0 Å². The fourth-order valence-corrected chi connectivity index (χ4v) is 2.29. The fraction of sp³-hybridized carbons (Fsp3) is 0.125. The van der Waals surface area contributed by atoms with Gasteiger partial charge in [-0.1, -0.05) is 48.0 Å². The van der Waals surface area contributed by atoms with E-state index in [9.17, 15) is 9.59 Å². The quantitative estimate of drug-likeness (QED) is 0.616. The van der Waals surface area contributed by atoms with Crippen molar-refractivity contribution in [2.75, 3.05) is 3.93 Å². The predicted molar refractivity (Wildman–Crippen MR) is 92.3 cm³/mol. The van der Waals surface area contributed by atoms with Crippen LogP contribution in [0.2, 0.25) is 5.02 Å². The normalized spacial score (nSPS) is 11.4. The highest BCUT2D eigenvalue weighted by Crippen LogP contribution is 2.22. The molecule has 1 atom stereocenters. The van der Waals surface area contributed by atoms with E-state index in [4.69, 9.17) is 16.4 Å². The second-order valence-electron chi connectivity index (χ2n) is 4.72. The van der Waals surface area contributed by atoms with Gasteiger partial charge in [0.05, 0.1) is 27.8 Å². The zero-order valence-electron chi connectivity index (χ0n) is 12.2. The Bertz CT molecular complexity index is 697. The molecule has 0 aliphatic rings. The number of benzene rings is 2. The third-order valence-electron chi connectivity index (χ3n) is 3.11. The summed E-state index contributed by atoms with van der Waals surface area (Å²) in [5.74, 6) is -1.05. The minimum absolute atomic E-state index is 0.481. The highest BCUT2D eigenvalue weighted by molar-refractivity contribution is 9.10. The lowest BCUT2D eigenvalue weighted by Gasteiger charge is -2.16. The molecule has 0 spiro atoms. The van der Waals surface area contributed by atoms with Gasteiger partial charge >= 0.3 is 12.0 Å². The van der Waals surface area contributed by atoms with Crippen LogP contribution in [0.15, 0.2) is 54.6 Å². The molecule has 23 heavy (non-hydrogen) atoms. The lowest BCUT2D eigenvalue weighted by atomic mass is 10.0. The van der Waals surface area contributed by atoms with Crippen molar-refractivity contribution < 1.29 is 14.4 Å². The lowest BCUT2D eigenvalue weighted by Crippen LogP contribution is -2.36. The van der Waals surface area contributed by atoms with Crippen molar-refractivity contribution in [2.24, 2.45) is 0 Å². The molecule has 2 aromatic carbocycles. The van der Waals surface area contributed by atoms with Crippen LogP contribution < -0.4 is 9.41 Å². The molecule has 1 unspecified atom stereocenters. The maximum absolute atomic E-state index is 12.0. The summed E-state index contributed by atoms with van der Waals surface area (Å²) in [5.41, 5.74) is 3.40. The summed E-state index contributed by atoms with van der Waals surface area (Å²) in [5, 5.41) is 0.481. The smallest absolute Gasteiger partial charge is 0.339 e. The number of nitrogens with one attached hydrogen (secondary N) is 1. The topological polar surface area (TPSA) is 58.6 Å². The first-order valence-corrected chi connectivity index (χ1v) is 7.85. The minimum Gasteiger partial charge on any atom is -0.339 e. The van der Waals surface area contributed by atoms with E-state index < -0.39 is 17.9 Å². The molecule has 2 rings (SSSR count). The number of hydroxylamine groups is 1. The number of carbonyl (C=O) groups excluding carboxylic acids is 2. The van der Waals surface area contributed by atoms with Gasteiger partial charge in [0.1, 0.15) is 0 Å². The summed E-state index contributed by atoms with van der Waals surface area (Å²) in [7, 11) is 0. The standard InChI is InChI=1S/C16H14BrClN2O3/c1-11(12-6-3-2-4-7-12)15(21)23-19-16(22)20(17)14-9-5-8-13(18)10-14/h2-11H,1H3,(H,19,22). The Morgan fingerprint density at radius 2 is 1.87 bits per heavy atom. The largest absolute Gasteiger partial charge is 0.365 e. The van der Waals surface area contributed by atoms with E-state index in [0.29, 0.717) is 10.7 Å². The summed E-state index contributed by atoms with van der Waals surface area (Å²) < 4.78 is 1.11. The van der Waals surface area contributed by atoms with E-state index in [1.807, 2.05) is 30.3 Å². The molecule has 0 aromatic heterocycles. The number of hydrogen-bond donors (Lipinski definition) is 1. The number of anilines is 1. The van der Waals surface area contributed by atoms with Crippen LogP contribution in [0.4, 0.5) is 10.5 Å². The third-order valence-corrected chi connectivity index (χ3v) is 4.07. The zero-order valence-corrected chi connectivity index (χ0v) is 14.5. The molecule has 2 amide bonds. The van der Waals surface area contributed by atoms with Crippen LogP contribution in [0.1, 0.15) is 18.4 Å². The van der Waals surface area contributed by atoms with Crippen LogP contribution in [-0.4, -0.2) is 12.0 Å². The maximum Gasteiger partial charge on any atom is 0.365 e. The number of carbonyl (C=O) groups is 2. The molecule has 0 fully saturated rings. The van der Waals surface area contributed by atoms with Crippen molar-refractivity contribution in [2.45, 2.75) is 12.8 Å². The zero-order chi connectivity index (χ0) is 16.8. The molecule has 0 saturated carbocycles. The molecular weight excluding hydrogens is 384 g/mol. The molecule has 0 bridgehead atoms. The van der Waals surface area contributed by atoms with E-state index in [0.717, 1.165) is 9.49 Å². The van der Waals surface area contributed by atoms with Crippen molar-refractivity contribution in [1.82, 2.24) is 5.48 Å². The SMILES string of the molecule is CC(C(=O)ONC(=O)N(Br)c1cccc(Cl)c1)c1ccccc1. The van der Waals surface area contributed by atoms with E-state index in [2.05, 4.69) is 21.6 Å². The predicted octanol–water partition coefficient (Wildman–Crippen LogP) is 4.43. The average molecular weight is 398 g/mol. The number of nitrogens with zero attached hydrogens (tertiary/aromatic N) is 1. The number of amides is 2. The van der Waals surface area contributed by atoms with Gasteiger partial charge in [-0.3, -0.25) is 0 Å². The minimum atomic E-state index is -0.652. The van der Waals surface area contributed by atoms with Crippen LogP contribution in [0.3, 0.4) is 0 Å². The van der Waals surface area contributed by atoms with Crippen molar-refractivity contribution in [1.29, 1.82) is 0 Å². The van der Waals surface area contributed by atoms with Crippen molar-refractivity contribution >= 4 is 45.4 Å². The van der Waals surface area contributed by atoms with Crippen LogP contribution in [-0.2, 0) is 9.63 Å². The summed E-state index contributed by atoms with van der Waals surface area (Å²) in [4.78, 5) is 28.8. The first-order chi connectivity index (χ1) is 11.0. The van der Waals surface area contributed by atoms with Crippen LogP contribution >= 0.6 is 27.7 Å². The van der Waals surface area contributed by atoms with Crippen molar-refractivity contribution in [3.63, 3.8) is 0 Å². The Balaban J connectivity index is 1.92. The van der Waals surface area contributed by atoms with Gasteiger partial charge in [-0.15, -0.1) is 0 Å². The summed E-state index contributed by atoms with van der Waals surface area (Å²) in [6.07, 6.45) is 0. The Hall–Kier alpha value is -2.05. The maximum atomic E-state index is 12.0. The Morgan fingerprint density at radius 3 is 2.52 bits per heavy atom. The Labute approximate surface area is 147 Å². The van der Waals surface area contributed by atoms with E-state index in [1.54, 1.807) is 31.2 Å². The molecule has 0 aliphatic carbocycles. The van der Waals surface area contributed by atoms with Gasteiger partial charge in [-0.2, -0.15) is 5.48 Å². The molecule has 120 valence electrons. The molecule has 0 radical (unpaired) electrons. The van der Waals surface area contributed by atoms with Crippen LogP contribution in [0.25, 0.3) is 0 Å². The lowest BCUT2D eigenvalue weighted by molar-refractivity contribution is -0.150. The van der Waals surface area contributed by atoms with Gasteiger partial charge in [0.2, 0.25) is 0 Å². The van der Waals surface area contributed by atoms with Crippen molar-refractivity contribution in [3.8, 4) is 0 Å². The van der Waals surface area contributed by atoms with Gasteiger partial charge in [0, 0.05) is 5.02 Å². The second-order valence-corrected chi connectivity index (χ2v) is 5.87. The molecule has 0 aliphatic heterocycles.